The van der Waals surface area contributed by atoms with Crippen LogP contribution in [0.15, 0.2) is 16.6 Å². The van der Waals surface area contributed by atoms with Gasteiger partial charge in [-0.3, -0.25) is 4.79 Å². The number of hydrogen-bond acceptors (Lipinski definition) is 4. The highest BCUT2D eigenvalue weighted by Crippen LogP contribution is 2.39. The number of ether oxygens (including phenoxy) is 2. The van der Waals surface area contributed by atoms with E-state index in [4.69, 9.17) is 9.47 Å². The van der Waals surface area contributed by atoms with Crippen molar-refractivity contribution in [2.45, 2.75) is 31.7 Å². The number of carbonyl (C=O) groups excluding carboxylic acids is 1. The van der Waals surface area contributed by atoms with E-state index in [0.29, 0.717) is 36.3 Å². The Balaban J connectivity index is 0.00000182. The van der Waals surface area contributed by atoms with Gasteiger partial charge in [-0.05, 0) is 66.2 Å². The van der Waals surface area contributed by atoms with Crippen molar-refractivity contribution >= 4 is 34.2 Å². The highest BCUT2D eigenvalue weighted by molar-refractivity contribution is 9.10. The van der Waals surface area contributed by atoms with E-state index in [2.05, 4.69) is 21.2 Å². The van der Waals surface area contributed by atoms with Crippen LogP contribution < -0.4 is 14.8 Å². The minimum Gasteiger partial charge on any atom is -0.486 e. The van der Waals surface area contributed by atoms with Crippen molar-refractivity contribution < 1.29 is 14.3 Å². The highest BCUT2D eigenvalue weighted by Gasteiger charge is 2.27. The normalized spacial score (nSPS) is 20.1. The molecule has 2 heterocycles. The van der Waals surface area contributed by atoms with E-state index in [1.165, 1.54) is 12.8 Å². The molecule has 1 N–H and O–H groups in total. The van der Waals surface area contributed by atoms with E-state index in [-0.39, 0.29) is 18.3 Å². The maximum atomic E-state index is 12.8. The summed E-state index contributed by atoms with van der Waals surface area (Å²) in [5.74, 6) is 2.33. The van der Waals surface area contributed by atoms with Gasteiger partial charge in [0.05, 0.1) is 4.47 Å². The fraction of sp³-hybridized carbons (Fsp3) is 0.611. The number of rotatable bonds is 4. The van der Waals surface area contributed by atoms with Crippen LogP contribution in [0, 0.1) is 5.92 Å². The predicted octanol–water partition coefficient (Wildman–Crippen LogP) is 3.25. The van der Waals surface area contributed by atoms with E-state index in [1.54, 1.807) is 6.07 Å². The lowest BCUT2D eigenvalue weighted by molar-refractivity contribution is 0.0703. The summed E-state index contributed by atoms with van der Waals surface area (Å²) in [6.45, 7) is 3.84. The second-order valence-electron chi connectivity index (χ2n) is 6.90. The monoisotopic (exact) mass is 430 g/mol. The lowest BCUT2D eigenvalue weighted by Crippen LogP contribution is -2.45. The third-order valence-electron chi connectivity index (χ3n) is 5.02. The summed E-state index contributed by atoms with van der Waals surface area (Å²) in [5, 5.41) is 3.65. The zero-order chi connectivity index (χ0) is 16.5. The Morgan fingerprint density at radius 1 is 1.16 bits per heavy atom. The highest BCUT2D eigenvalue weighted by atomic mass is 79.9. The van der Waals surface area contributed by atoms with Gasteiger partial charge in [-0.25, -0.2) is 0 Å². The Bertz CT molecular complexity index is 631. The summed E-state index contributed by atoms with van der Waals surface area (Å²) in [7, 11) is 0. The maximum Gasteiger partial charge on any atom is 0.254 e. The Labute approximate surface area is 163 Å². The van der Waals surface area contributed by atoms with Gasteiger partial charge in [0, 0.05) is 24.7 Å². The molecule has 1 amide bonds. The lowest BCUT2D eigenvalue weighted by atomic mass is 10.0. The minimum absolute atomic E-state index is 0. The van der Waals surface area contributed by atoms with Crippen LogP contribution in [-0.2, 0) is 0 Å². The molecule has 0 bridgehead atoms. The van der Waals surface area contributed by atoms with Crippen molar-refractivity contribution in [1.82, 2.24) is 10.2 Å². The SMILES string of the molecule is Cl.O=C(c1cc(Br)c2c(c1)OCCO2)N1CCC(NCC2CC2)CC1. The Hall–Kier alpha value is -0.980. The number of hydrogen-bond donors (Lipinski definition) is 1. The fourth-order valence-electron chi connectivity index (χ4n) is 3.36. The number of nitrogens with one attached hydrogen (secondary N) is 1. The number of likely N-dealkylation sites (tertiary alicyclic amines) is 1. The molecule has 2 fully saturated rings. The first kappa shape index (κ1) is 18.8. The second-order valence-corrected chi connectivity index (χ2v) is 7.75. The summed E-state index contributed by atoms with van der Waals surface area (Å²) in [5.41, 5.74) is 0.663. The summed E-state index contributed by atoms with van der Waals surface area (Å²) in [6.07, 6.45) is 4.82. The number of amides is 1. The van der Waals surface area contributed by atoms with Crippen LogP contribution in [0.3, 0.4) is 0 Å². The molecule has 0 radical (unpaired) electrons. The largest absolute Gasteiger partial charge is 0.486 e. The molecule has 1 saturated heterocycles. The van der Waals surface area contributed by atoms with Gasteiger partial charge in [0.1, 0.15) is 13.2 Å². The molecule has 138 valence electrons. The smallest absolute Gasteiger partial charge is 0.254 e. The number of fused-ring (bicyclic) bond motifs is 1. The standard InChI is InChI=1S/C18H23BrN2O3.ClH/c19-15-9-13(10-16-17(15)24-8-7-23-16)18(22)21-5-3-14(4-6-21)20-11-12-1-2-12;/h9-10,12,14,20H,1-8,11H2;1H. The first-order valence-electron chi connectivity index (χ1n) is 8.82. The van der Waals surface area contributed by atoms with Crippen molar-refractivity contribution in [3.8, 4) is 11.5 Å². The predicted molar refractivity (Wildman–Crippen MR) is 102 cm³/mol. The van der Waals surface area contributed by atoms with Crippen molar-refractivity contribution in [3.63, 3.8) is 0 Å². The van der Waals surface area contributed by atoms with Crippen LogP contribution in [0.4, 0.5) is 0 Å². The van der Waals surface area contributed by atoms with Gasteiger partial charge in [-0.1, -0.05) is 0 Å². The Kier molecular flexibility index (Phi) is 6.12. The topological polar surface area (TPSA) is 50.8 Å². The first-order chi connectivity index (χ1) is 11.7. The average Bonchev–Trinajstić information content (AvgIpc) is 3.44. The van der Waals surface area contributed by atoms with Crippen molar-refractivity contribution in [3.05, 3.63) is 22.2 Å². The van der Waals surface area contributed by atoms with Crippen LogP contribution in [0.2, 0.25) is 0 Å². The second kappa shape index (κ2) is 8.14. The van der Waals surface area contributed by atoms with Gasteiger partial charge >= 0.3 is 0 Å². The van der Waals surface area contributed by atoms with Crippen molar-refractivity contribution in [2.24, 2.45) is 5.92 Å². The number of piperidine rings is 1. The van der Waals surface area contributed by atoms with Crippen LogP contribution in [0.5, 0.6) is 11.5 Å². The van der Waals surface area contributed by atoms with E-state index in [1.807, 2.05) is 11.0 Å². The lowest BCUT2D eigenvalue weighted by Gasteiger charge is -2.33. The molecule has 1 saturated carbocycles. The van der Waals surface area contributed by atoms with E-state index >= 15 is 0 Å². The molecule has 2 aliphatic heterocycles. The molecule has 1 aromatic rings. The summed E-state index contributed by atoms with van der Waals surface area (Å²) >= 11 is 3.49. The average molecular weight is 432 g/mol. The summed E-state index contributed by atoms with van der Waals surface area (Å²) in [4.78, 5) is 14.8. The quantitative estimate of drug-likeness (QED) is 0.795. The molecule has 5 nitrogen and oxygen atoms in total. The van der Waals surface area contributed by atoms with Crippen LogP contribution in [0.25, 0.3) is 0 Å². The molecule has 4 rings (SSSR count). The Morgan fingerprint density at radius 2 is 1.88 bits per heavy atom. The number of halogens is 2. The van der Waals surface area contributed by atoms with Gasteiger partial charge in [-0.2, -0.15) is 0 Å². The molecular formula is C18H24BrClN2O3. The van der Waals surface area contributed by atoms with Gasteiger partial charge < -0.3 is 19.7 Å². The molecule has 1 aliphatic carbocycles. The molecule has 7 heteroatoms. The molecule has 0 spiro atoms. The minimum atomic E-state index is 0. The number of benzene rings is 1. The van der Waals surface area contributed by atoms with E-state index in [9.17, 15) is 4.79 Å². The Morgan fingerprint density at radius 3 is 2.60 bits per heavy atom. The number of nitrogens with zero attached hydrogens (tertiary/aromatic N) is 1. The fourth-order valence-corrected chi connectivity index (χ4v) is 3.92. The third-order valence-corrected chi connectivity index (χ3v) is 5.61. The maximum absolute atomic E-state index is 12.8. The van der Waals surface area contributed by atoms with Gasteiger partial charge in [0.25, 0.3) is 5.91 Å². The molecule has 0 unspecified atom stereocenters. The molecule has 1 aromatic carbocycles. The van der Waals surface area contributed by atoms with Crippen molar-refractivity contribution in [2.75, 3.05) is 32.8 Å². The van der Waals surface area contributed by atoms with E-state index < -0.39 is 0 Å². The van der Waals surface area contributed by atoms with Gasteiger partial charge in [0.15, 0.2) is 11.5 Å². The first-order valence-corrected chi connectivity index (χ1v) is 9.62. The summed E-state index contributed by atoms with van der Waals surface area (Å²) in [6, 6.07) is 4.20. The molecular weight excluding hydrogens is 408 g/mol. The van der Waals surface area contributed by atoms with E-state index in [0.717, 1.165) is 42.9 Å². The summed E-state index contributed by atoms with van der Waals surface area (Å²) < 4.78 is 12.0. The number of carbonyl (C=O) groups is 1. The van der Waals surface area contributed by atoms with Gasteiger partial charge in [-0.15, -0.1) is 12.4 Å². The molecule has 25 heavy (non-hydrogen) atoms. The zero-order valence-corrected chi connectivity index (χ0v) is 16.5. The molecule has 0 aromatic heterocycles. The molecule has 3 aliphatic rings. The van der Waals surface area contributed by atoms with Gasteiger partial charge in [0.2, 0.25) is 0 Å². The van der Waals surface area contributed by atoms with Crippen LogP contribution in [0.1, 0.15) is 36.0 Å². The van der Waals surface area contributed by atoms with Crippen LogP contribution >= 0.6 is 28.3 Å². The zero-order valence-electron chi connectivity index (χ0n) is 14.1. The molecule has 0 atom stereocenters. The third kappa shape index (κ3) is 4.41. The van der Waals surface area contributed by atoms with Crippen LogP contribution in [-0.4, -0.2) is 49.7 Å². The van der Waals surface area contributed by atoms with Crippen molar-refractivity contribution in [1.29, 1.82) is 0 Å².